The van der Waals surface area contributed by atoms with Crippen LogP contribution in [0.3, 0.4) is 0 Å². The molecule has 0 saturated heterocycles. The number of carboxylic acids is 1. The van der Waals surface area contributed by atoms with Crippen molar-refractivity contribution in [1.82, 2.24) is 5.32 Å². The predicted molar refractivity (Wildman–Crippen MR) is 65.2 cm³/mol. The molecule has 3 N–H and O–H groups in total. The van der Waals surface area contributed by atoms with Crippen LogP contribution in [0.5, 0.6) is 0 Å². The third-order valence-electron chi connectivity index (χ3n) is 1.48. The van der Waals surface area contributed by atoms with E-state index in [2.05, 4.69) is 0 Å². The van der Waals surface area contributed by atoms with Crippen LogP contribution in [0.4, 0.5) is 0 Å². The first kappa shape index (κ1) is 16.9. The first-order valence-electron chi connectivity index (χ1n) is 4.34. The van der Waals surface area contributed by atoms with Gasteiger partial charge < -0.3 is 10.4 Å². The van der Waals surface area contributed by atoms with Crippen molar-refractivity contribution in [3.05, 3.63) is 9.66 Å². The van der Waals surface area contributed by atoms with E-state index in [0.717, 1.165) is 6.08 Å². The van der Waals surface area contributed by atoms with Crippen molar-refractivity contribution in [2.45, 2.75) is 6.42 Å². The standard InChI is InChI=1S/C7H10INO8S/c10-6(11)2-1-5(8(13)14)7(12)9-3-4-18(15,16)17/h1H,2-4H2,(H,9,12)(H,10,11)(H,15,16,17). The molecule has 9 nitrogen and oxygen atoms in total. The molecule has 1 amide bonds. The van der Waals surface area contributed by atoms with Gasteiger partial charge in [-0.1, -0.05) is 0 Å². The Kier molecular flexibility index (Phi) is 6.93. The van der Waals surface area contributed by atoms with Crippen molar-refractivity contribution in [2.24, 2.45) is 0 Å². The van der Waals surface area contributed by atoms with Gasteiger partial charge in [-0.2, -0.15) is 8.42 Å². The lowest BCUT2D eigenvalue weighted by atomic mass is 10.3. The molecule has 0 heterocycles. The van der Waals surface area contributed by atoms with Crippen LogP contribution in [0.25, 0.3) is 0 Å². The summed E-state index contributed by atoms with van der Waals surface area (Å²) >= 11 is -4.18. The highest BCUT2D eigenvalue weighted by Crippen LogP contribution is 2.20. The van der Waals surface area contributed by atoms with E-state index in [-0.39, 0.29) is 0 Å². The highest BCUT2D eigenvalue weighted by molar-refractivity contribution is 14.2. The largest absolute Gasteiger partial charge is 0.481 e. The SMILES string of the molecule is O=C(O)CC=C(C(=O)NCCS(=O)(=O)O)I(=O)=O. The summed E-state index contributed by atoms with van der Waals surface area (Å²) in [7, 11) is -4.26. The van der Waals surface area contributed by atoms with Crippen molar-refractivity contribution in [3.63, 3.8) is 0 Å². The minimum atomic E-state index is -4.26. The Morgan fingerprint density at radius 2 is 1.83 bits per heavy atom. The number of carbonyl (C=O) groups excluding carboxylic acids is 1. The van der Waals surface area contributed by atoms with E-state index in [1.165, 1.54) is 0 Å². The third kappa shape index (κ3) is 8.08. The normalized spacial score (nSPS) is 12.4. The Morgan fingerprint density at radius 3 is 2.22 bits per heavy atom. The molecular weight excluding hydrogens is 385 g/mol. The van der Waals surface area contributed by atoms with Gasteiger partial charge in [0, 0.05) is 6.54 Å². The maximum absolute atomic E-state index is 11.3. The van der Waals surface area contributed by atoms with Crippen LogP contribution in [-0.2, 0) is 25.8 Å². The fourth-order valence-electron chi connectivity index (χ4n) is 0.781. The minimum Gasteiger partial charge on any atom is -0.481 e. The zero-order chi connectivity index (χ0) is 14.3. The predicted octanol–water partition coefficient (Wildman–Crippen LogP) is -0.454. The van der Waals surface area contributed by atoms with Gasteiger partial charge in [0.1, 0.15) is 3.58 Å². The summed E-state index contributed by atoms with van der Waals surface area (Å²) in [6, 6.07) is 0. The average molecular weight is 395 g/mol. The maximum Gasteiger partial charge on any atom is 0.346 e. The van der Waals surface area contributed by atoms with Crippen LogP contribution in [0.15, 0.2) is 9.66 Å². The van der Waals surface area contributed by atoms with Crippen LogP contribution < -0.4 is 5.32 Å². The molecule has 11 heteroatoms. The summed E-state index contributed by atoms with van der Waals surface area (Å²) in [6.45, 7) is -0.480. The summed E-state index contributed by atoms with van der Waals surface area (Å²) in [5.74, 6) is -3.16. The summed E-state index contributed by atoms with van der Waals surface area (Å²) in [6.07, 6.45) is 0.0927. The molecule has 0 rings (SSSR count). The number of amides is 1. The van der Waals surface area contributed by atoms with Gasteiger partial charge in [0.05, 0.1) is 12.2 Å². The average Bonchev–Trinajstić information content (AvgIpc) is 2.14. The van der Waals surface area contributed by atoms with Crippen LogP contribution in [0, 0.1) is 0 Å². The number of halogens is 1. The first-order valence-corrected chi connectivity index (χ1v) is 8.79. The molecule has 0 aromatic rings. The van der Waals surface area contributed by atoms with Crippen LogP contribution in [-0.4, -0.2) is 42.3 Å². The monoisotopic (exact) mass is 395 g/mol. The second-order valence-corrected chi connectivity index (χ2v) is 6.88. The van der Waals surface area contributed by atoms with Crippen molar-refractivity contribution in [2.75, 3.05) is 12.3 Å². The Labute approximate surface area is 109 Å². The number of rotatable bonds is 7. The van der Waals surface area contributed by atoms with Gasteiger partial charge in [-0.25, -0.2) is 6.14 Å². The molecule has 0 saturated carbocycles. The highest BCUT2D eigenvalue weighted by Gasteiger charge is 2.16. The lowest BCUT2D eigenvalue weighted by molar-refractivity contribution is -0.136. The summed E-state index contributed by atoms with van der Waals surface area (Å²) in [4.78, 5) is 21.5. The fourth-order valence-corrected chi connectivity index (χ4v) is 2.31. The fraction of sp³-hybridized carbons (Fsp3) is 0.429. The molecule has 104 valence electrons. The van der Waals surface area contributed by atoms with Gasteiger partial charge in [0.25, 0.3) is 16.0 Å². The smallest absolute Gasteiger partial charge is 0.346 e. The highest BCUT2D eigenvalue weighted by atomic mass is 127. The third-order valence-corrected chi connectivity index (χ3v) is 4.08. The van der Waals surface area contributed by atoms with E-state index < -0.39 is 64.1 Å². The molecule has 0 fully saturated rings. The first-order chi connectivity index (χ1) is 8.13. The number of aliphatic carboxylic acids is 1. The second kappa shape index (κ2) is 7.38. The molecule has 18 heavy (non-hydrogen) atoms. The Hall–Kier alpha value is -1.08. The number of hydrogen-bond donors (Lipinski definition) is 3. The van der Waals surface area contributed by atoms with Gasteiger partial charge in [-0.05, 0) is 6.08 Å². The van der Waals surface area contributed by atoms with E-state index in [1.54, 1.807) is 0 Å². The molecule has 0 aliphatic carbocycles. The van der Waals surface area contributed by atoms with E-state index in [4.69, 9.17) is 9.66 Å². The van der Waals surface area contributed by atoms with Crippen molar-refractivity contribution >= 4 is 41.8 Å². The van der Waals surface area contributed by atoms with E-state index in [1.807, 2.05) is 5.32 Å². The molecule has 0 aromatic heterocycles. The van der Waals surface area contributed by atoms with E-state index >= 15 is 0 Å². The molecular formula is C7H10INO8S. The molecule has 0 unspecified atom stereocenters. The van der Waals surface area contributed by atoms with Crippen molar-refractivity contribution in [1.29, 1.82) is 0 Å². The minimum absolute atomic E-state index is 0.480. The molecule has 0 aliphatic heterocycles. The van der Waals surface area contributed by atoms with Crippen LogP contribution in [0.1, 0.15) is 6.42 Å². The number of carboxylic acid groups (broad SMARTS) is 1. The van der Waals surface area contributed by atoms with E-state index in [0.29, 0.717) is 0 Å². The molecule has 0 aromatic carbocycles. The molecule has 0 atom stereocenters. The molecule has 0 spiro atoms. The zero-order valence-electron chi connectivity index (χ0n) is 8.83. The molecule has 0 bridgehead atoms. The summed E-state index contributed by atoms with van der Waals surface area (Å²) < 4.78 is 49.9. The summed E-state index contributed by atoms with van der Waals surface area (Å²) in [5.41, 5.74) is 0. The Morgan fingerprint density at radius 1 is 1.28 bits per heavy atom. The number of hydrogen-bond acceptors (Lipinski definition) is 6. The van der Waals surface area contributed by atoms with Crippen LogP contribution in [0.2, 0.25) is 0 Å². The number of carbonyl (C=O) groups is 2. The van der Waals surface area contributed by atoms with Gasteiger partial charge in [0.2, 0.25) is 0 Å². The quantitative estimate of drug-likeness (QED) is 0.297. The van der Waals surface area contributed by atoms with E-state index in [9.17, 15) is 24.1 Å². The van der Waals surface area contributed by atoms with Crippen molar-refractivity contribution in [3.8, 4) is 0 Å². The lowest BCUT2D eigenvalue weighted by Crippen LogP contribution is -2.29. The summed E-state index contributed by atoms with van der Waals surface area (Å²) in [5, 5.41) is 10.3. The molecule has 0 aliphatic rings. The maximum atomic E-state index is 11.3. The Balaban J connectivity index is 4.60. The van der Waals surface area contributed by atoms with Crippen molar-refractivity contribution < 1.29 is 33.8 Å². The van der Waals surface area contributed by atoms with Crippen LogP contribution >= 0.6 is 19.8 Å². The topological polar surface area (TPSA) is 155 Å². The number of nitrogens with one attached hydrogen (secondary N) is 1. The molecule has 0 radical (unpaired) electrons. The van der Waals surface area contributed by atoms with Gasteiger partial charge in [-0.3, -0.25) is 14.1 Å². The van der Waals surface area contributed by atoms with Gasteiger partial charge >= 0.3 is 25.8 Å². The van der Waals surface area contributed by atoms with Gasteiger partial charge in [-0.15, -0.1) is 0 Å². The Bertz CT molecular complexity index is 524. The lowest BCUT2D eigenvalue weighted by Gasteiger charge is -2.02. The second-order valence-electron chi connectivity index (χ2n) is 2.91. The zero-order valence-corrected chi connectivity index (χ0v) is 11.8. The van der Waals surface area contributed by atoms with Gasteiger partial charge in [0.15, 0.2) is 0 Å².